The predicted molar refractivity (Wildman–Crippen MR) is 121 cm³/mol. The van der Waals surface area contributed by atoms with Gasteiger partial charge in [0.15, 0.2) is 5.75 Å². The van der Waals surface area contributed by atoms with Crippen LogP contribution < -0.4 is 15.4 Å². The minimum absolute atomic E-state index is 0.110. The number of benzene rings is 3. The molecular formula is C25H25N3O3. The minimum atomic E-state index is -0.278. The predicted octanol–water partition coefficient (Wildman–Crippen LogP) is 5.36. The standard InChI is InChI=1S/C25H25N3O3/c29-24(27-22-15-7-8-16-23(22)31-21-13-5-2-6-14-21)19-10-9-17-28(18-19)25(30)26-20-11-3-1-4-12-20/h1-8,11-16,19H,9-10,17-18H2,(H,26,30)(H,27,29). The van der Waals surface area contributed by atoms with Gasteiger partial charge in [0.25, 0.3) is 0 Å². The monoisotopic (exact) mass is 415 g/mol. The van der Waals surface area contributed by atoms with Crippen LogP contribution in [0.2, 0.25) is 0 Å². The number of hydrogen-bond donors (Lipinski definition) is 2. The van der Waals surface area contributed by atoms with Crippen molar-refractivity contribution < 1.29 is 14.3 Å². The highest BCUT2D eigenvalue weighted by Gasteiger charge is 2.29. The first-order valence-electron chi connectivity index (χ1n) is 10.4. The SMILES string of the molecule is O=C(Nc1ccccc1Oc1ccccc1)C1CCCN(C(=O)Nc2ccccc2)C1. The first kappa shape index (κ1) is 20.5. The Labute approximate surface area is 181 Å². The number of anilines is 2. The molecule has 1 atom stereocenters. The molecule has 1 aliphatic heterocycles. The van der Waals surface area contributed by atoms with E-state index in [2.05, 4.69) is 10.6 Å². The highest BCUT2D eigenvalue weighted by atomic mass is 16.5. The molecule has 3 amide bonds. The van der Waals surface area contributed by atoms with Crippen molar-refractivity contribution in [3.63, 3.8) is 0 Å². The van der Waals surface area contributed by atoms with Crippen molar-refractivity contribution in [2.45, 2.75) is 12.8 Å². The van der Waals surface area contributed by atoms with Gasteiger partial charge in [0.1, 0.15) is 5.75 Å². The van der Waals surface area contributed by atoms with Crippen molar-refractivity contribution in [3.05, 3.63) is 84.9 Å². The topological polar surface area (TPSA) is 70.7 Å². The Hall–Kier alpha value is -3.80. The van der Waals surface area contributed by atoms with Crippen molar-refractivity contribution in [1.29, 1.82) is 0 Å². The van der Waals surface area contributed by atoms with Crippen LogP contribution in [0, 0.1) is 5.92 Å². The van der Waals surface area contributed by atoms with E-state index in [1.807, 2.05) is 84.9 Å². The lowest BCUT2D eigenvalue weighted by molar-refractivity contribution is -0.121. The Kier molecular flexibility index (Phi) is 6.47. The largest absolute Gasteiger partial charge is 0.455 e. The van der Waals surface area contributed by atoms with E-state index in [1.165, 1.54) is 0 Å². The number of hydrogen-bond acceptors (Lipinski definition) is 3. The second-order valence-electron chi connectivity index (χ2n) is 7.48. The van der Waals surface area contributed by atoms with Crippen LogP contribution in [0.3, 0.4) is 0 Å². The van der Waals surface area contributed by atoms with E-state index in [4.69, 9.17) is 4.74 Å². The van der Waals surface area contributed by atoms with Gasteiger partial charge >= 0.3 is 6.03 Å². The van der Waals surface area contributed by atoms with Crippen LogP contribution in [0.5, 0.6) is 11.5 Å². The molecule has 4 rings (SSSR count). The highest BCUT2D eigenvalue weighted by molar-refractivity contribution is 5.95. The summed E-state index contributed by atoms with van der Waals surface area (Å²) in [6.07, 6.45) is 1.52. The molecule has 0 aromatic heterocycles. The minimum Gasteiger partial charge on any atom is -0.455 e. The summed E-state index contributed by atoms with van der Waals surface area (Å²) in [5.41, 5.74) is 1.35. The highest BCUT2D eigenvalue weighted by Crippen LogP contribution is 2.30. The van der Waals surface area contributed by atoms with Crippen molar-refractivity contribution in [3.8, 4) is 11.5 Å². The van der Waals surface area contributed by atoms with Gasteiger partial charge in [0.05, 0.1) is 11.6 Å². The molecule has 1 fully saturated rings. The van der Waals surface area contributed by atoms with Crippen LogP contribution >= 0.6 is 0 Å². The Balaban J connectivity index is 1.39. The van der Waals surface area contributed by atoms with E-state index in [0.29, 0.717) is 30.3 Å². The maximum Gasteiger partial charge on any atom is 0.321 e. The maximum absolute atomic E-state index is 13.0. The summed E-state index contributed by atoms with van der Waals surface area (Å²) >= 11 is 0. The van der Waals surface area contributed by atoms with Gasteiger partial charge in [0, 0.05) is 18.8 Å². The third-order valence-corrected chi connectivity index (χ3v) is 5.22. The first-order chi connectivity index (χ1) is 15.2. The second-order valence-corrected chi connectivity index (χ2v) is 7.48. The quantitative estimate of drug-likeness (QED) is 0.589. The van der Waals surface area contributed by atoms with Gasteiger partial charge in [-0.05, 0) is 49.2 Å². The van der Waals surface area contributed by atoms with E-state index >= 15 is 0 Å². The van der Waals surface area contributed by atoms with Gasteiger partial charge in [-0.3, -0.25) is 4.79 Å². The fourth-order valence-corrected chi connectivity index (χ4v) is 3.61. The summed E-state index contributed by atoms with van der Waals surface area (Å²) in [6, 6.07) is 25.9. The van der Waals surface area contributed by atoms with Gasteiger partial charge in [-0.25, -0.2) is 4.79 Å². The Morgan fingerprint density at radius 3 is 2.29 bits per heavy atom. The lowest BCUT2D eigenvalue weighted by Gasteiger charge is -2.32. The maximum atomic E-state index is 13.0. The molecule has 31 heavy (non-hydrogen) atoms. The molecule has 0 bridgehead atoms. The van der Waals surface area contributed by atoms with E-state index in [1.54, 1.807) is 4.90 Å². The number of ether oxygens (including phenoxy) is 1. The zero-order chi connectivity index (χ0) is 21.5. The summed E-state index contributed by atoms with van der Waals surface area (Å²) in [6.45, 7) is 1.02. The second kappa shape index (κ2) is 9.80. The van der Waals surface area contributed by atoms with E-state index in [-0.39, 0.29) is 17.9 Å². The molecule has 158 valence electrons. The molecule has 6 nitrogen and oxygen atoms in total. The molecular weight excluding hydrogens is 390 g/mol. The zero-order valence-electron chi connectivity index (χ0n) is 17.2. The molecule has 3 aromatic rings. The van der Waals surface area contributed by atoms with Crippen molar-refractivity contribution in [2.75, 3.05) is 23.7 Å². The molecule has 0 aliphatic carbocycles. The molecule has 6 heteroatoms. The number of carbonyl (C=O) groups excluding carboxylic acids is 2. The summed E-state index contributed by atoms with van der Waals surface area (Å²) in [4.78, 5) is 27.3. The van der Waals surface area contributed by atoms with Crippen LogP contribution in [0.1, 0.15) is 12.8 Å². The molecule has 1 unspecified atom stereocenters. The summed E-state index contributed by atoms with van der Waals surface area (Å²) in [7, 11) is 0. The number of carbonyl (C=O) groups is 2. The third-order valence-electron chi connectivity index (χ3n) is 5.22. The number of nitrogens with zero attached hydrogens (tertiary/aromatic N) is 1. The van der Waals surface area contributed by atoms with Crippen molar-refractivity contribution >= 4 is 23.3 Å². The molecule has 1 saturated heterocycles. The first-order valence-corrected chi connectivity index (χ1v) is 10.4. The van der Waals surface area contributed by atoms with Crippen LogP contribution in [-0.4, -0.2) is 29.9 Å². The smallest absolute Gasteiger partial charge is 0.321 e. The van der Waals surface area contributed by atoms with Crippen molar-refractivity contribution in [1.82, 2.24) is 4.90 Å². The number of urea groups is 1. The fraction of sp³-hybridized carbons (Fsp3) is 0.200. The summed E-state index contributed by atoms with van der Waals surface area (Å²) in [5.74, 6) is 0.892. The average molecular weight is 415 g/mol. The third kappa shape index (κ3) is 5.42. The van der Waals surface area contributed by atoms with Crippen LogP contribution in [0.15, 0.2) is 84.9 Å². The Bertz CT molecular complexity index is 1020. The van der Waals surface area contributed by atoms with Crippen LogP contribution in [0.25, 0.3) is 0 Å². The molecule has 0 saturated carbocycles. The lowest BCUT2D eigenvalue weighted by atomic mass is 9.97. The molecule has 1 aliphatic rings. The molecule has 0 radical (unpaired) electrons. The van der Waals surface area contributed by atoms with Gasteiger partial charge in [-0.1, -0.05) is 48.5 Å². The van der Waals surface area contributed by atoms with Crippen LogP contribution in [0.4, 0.5) is 16.2 Å². The Morgan fingerprint density at radius 2 is 1.52 bits per heavy atom. The van der Waals surface area contributed by atoms with Gasteiger partial charge in [-0.2, -0.15) is 0 Å². The zero-order valence-corrected chi connectivity index (χ0v) is 17.2. The normalized spacial score (nSPS) is 15.7. The fourth-order valence-electron chi connectivity index (χ4n) is 3.61. The van der Waals surface area contributed by atoms with E-state index in [0.717, 1.165) is 18.5 Å². The van der Waals surface area contributed by atoms with Crippen LogP contribution in [-0.2, 0) is 4.79 Å². The van der Waals surface area contributed by atoms with E-state index in [9.17, 15) is 9.59 Å². The molecule has 2 N–H and O–H groups in total. The summed E-state index contributed by atoms with van der Waals surface area (Å²) < 4.78 is 5.93. The van der Waals surface area contributed by atoms with Gasteiger partial charge < -0.3 is 20.3 Å². The number of nitrogens with one attached hydrogen (secondary N) is 2. The van der Waals surface area contributed by atoms with Crippen molar-refractivity contribution in [2.24, 2.45) is 5.92 Å². The van der Waals surface area contributed by atoms with Gasteiger partial charge in [0.2, 0.25) is 5.91 Å². The van der Waals surface area contributed by atoms with Gasteiger partial charge in [-0.15, -0.1) is 0 Å². The number of rotatable bonds is 5. The summed E-state index contributed by atoms with van der Waals surface area (Å²) in [5, 5.41) is 5.88. The number of amides is 3. The van der Waals surface area contributed by atoms with E-state index < -0.39 is 0 Å². The number of likely N-dealkylation sites (tertiary alicyclic amines) is 1. The number of para-hydroxylation sites is 4. The molecule has 3 aromatic carbocycles. The average Bonchev–Trinajstić information content (AvgIpc) is 2.82. The Morgan fingerprint density at radius 1 is 0.839 bits per heavy atom. The molecule has 0 spiro atoms. The number of piperidine rings is 1. The lowest BCUT2D eigenvalue weighted by Crippen LogP contribution is -2.45. The molecule has 1 heterocycles.